The zero-order chi connectivity index (χ0) is 5.15. The molecule has 0 aromatic rings. The van der Waals surface area contributed by atoms with Crippen molar-refractivity contribution in [3.63, 3.8) is 0 Å². The summed E-state index contributed by atoms with van der Waals surface area (Å²) in [4.78, 5) is 0. The Morgan fingerprint density at radius 1 is 1.17 bits per heavy atom. The monoisotopic (exact) mass is 146 g/mol. The fourth-order valence-electron chi connectivity index (χ4n) is 0. The highest BCUT2D eigenvalue weighted by Gasteiger charge is 2.24. The highest BCUT2D eigenvalue weighted by Crippen LogP contribution is 2.04. The van der Waals surface area contributed by atoms with E-state index < -0.39 is 11.7 Å². The Balaban J connectivity index is 2.99. The zero-order valence-electron chi connectivity index (χ0n) is 2.67. The van der Waals surface area contributed by atoms with Gasteiger partial charge in [-0.25, -0.2) is 0 Å². The van der Waals surface area contributed by atoms with Crippen LogP contribution in [-0.4, -0.2) is 11.7 Å². The fraction of sp³-hybridized carbons (Fsp3) is 0. The molecule has 34 valence electrons. The molecule has 0 amide bonds. The lowest BCUT2D eigenvalue weighted by Crippen LogP contribution is -2.11. The van der Waals surface area contributed by atoms with Gasteiger partial charge in [-0.1, -0.05) is 0 Å². The SMILES string of the molecule is FB(Cl)B(Cl)Cl. The Morgan fingerprint density at radius 2 is 1.33 bits per heavy atom. The minimum absolute atomic E-state index is 1.10. The van der Waals surface area contributed by atoms with Crippen molar-refractivity contribution in [2.24, 2.45) is 0 Å². The molecule has 0 aromatic carbocycles. The van der Waals surface area contributed by atoms with Gasteiger partial charge in [0.15, 0.2) is 0 Å². The van der Waals surface area contributed by atoms with Crippen molar-refractivity contribution in [2.75, 3.05) is 0 Å². The molecule has 0 unspecified atom stereocenters. The molecule has 0 aliphatic rings. The Labute approximate surface area is 50.9 Å². The van der Waals surface area contributed by atoms with Crippen LogP contribution in [0.4, 0.5) is 4.32 Å². The van der Waals surface area contributed by atoms with Crippen LogP contribution in [0.1, 0.15) is 0 Å². The lowest BCUT2D eigenvalue weighted by Gasteiger charge is -1.82. The van der Waals surface area contributed by atoms with Crippen molar-refractivity contribution in [1.82, 2.24) is 0 Å². The number of halogens is 4. The second-order valence-corrected chi connectivity index (χ2v) is 2.25. The van der Waals surface area contributed by atoms with E-state index in [4.69, 9.17) is 22.9 Å². The van der Waals surface area contributed by atoms with Crippen LogP contribution < -0.4 is 0 Å². The van der Waals surface area contributed by atoms with E-state index in [-0.39, 0.29) is 0 Å². The highest BCUT2D eigenvalue weighted by atomic mass is 35.5. The van der Waals surface area contributed by atoms with Gasteiger partial charge in [0.1, 0.15) is 0 Å². The minimum Gasteiger partial charge on any atom is -0.320 e. The molecule has 0 aromatic heterocycles. The molecule has 6 heteroatoms. The lowest BCUT2D eigenvalue weighted by atomic mass is 9.70. The third-order valence-corrected chi connectivity index (χ3v) is 1.14. The summed E-state index contributed by atoms with van der Waals surface area (Å²) in [5.41, 5.74) is -1.10. The standard InChI is InChI=1S/B2Cl3F/c3-1(4)2(5)6. The summed E-state index contributed by atoms with van der Waals surface area (Å²) in [5.74, 6) is 0. The first-order chi connectivity index (χ1) is 2.64. The number of hydrogen-bond acceptors (Lipinski definition) is 0. The molecular weight excluding hydrogens is 147 g/mol. The van der Waals surface area contributed by atoms with Crippen LogP contribution in [0.5, 0.6) is 0 Å². The molecule has 6 heavy (non-hydrogen) atoms. The molecule has 0 aliphatic carbocycles. The Kier molecular flexibility index (Phi) is 3.47. The summed E-state index contributed by atoms with van der Waals surface area (Å²) >= 11 is 14.4. The van der Waals surface area contributed by atoms with Gasteiger partial charge in [0.25, 0.3) is 0 Å². The molecule has 0 aliphatic heterocycles. The molecular formula is B2Cl3F. The van der Waals surface area contributed by atoms with Crippen molar-refractivity contribution in [1.29, 1.82) is 0 Å². The van der Waals surface area contributed by atoms with Gasteiger partial charge in [0, 0.05) is 0 Å². The molecule has 0 nitrogen and oxygen atoms in total. The number of hydrogen-bond donors (Lipinski definition) is 0. The molecule has 0 saturated heterocycles. The average Bonchev–Trinajstić information content (AvgIpc) is 1.36. The predicted molar refractivity (Wildman–Crippen MR) is 30.2 cm³/mol. The van der Waals surface area contributed by atoms with E-state index in [1.807, 2.05) is 0 Å². The van der Waals surface area contributed by atoms with E-state index in [0.717, 1.165) is 0 Å². The van der Waals surface area contributed by atoms with Crippen LogP contribution in [-0.2, 0) is 0 Å². The van der Waals surface area contributed by atoms with Gasteiger partial charge in [0.2, 0.25) is 0 Å². The van der Waals surface area contributed by atoms with Crippen LogP contribution in [0, 0.1) is 0 Å². The third-order valence-electron chi connectivity index (χ3n) is 0.190. The maximum absolute atomic E-state index is 11.3. The van der Waals surface area contributed by atoms with E-state index in [0.29, 0.717) is 0 Å². The highest BCUT2D eigenvalue weighted by molar-refractivity contribution is 7.68. The largest absolute Gasteiger partial charge is 0.446 e. The van der Waals surface area contributed by atoms with Gasteiger partial charge >= 0.3 is 11.7 Å². The summed E-state index contributed by atoms with van der Waals surface area (Å²) < 4.78 is 11.3. The Bertz CT molecular complexity index is 29.8. The first-order valence-electron chi connectivity index (χ1n) is 1.21. The molecule has 0 N–H and O–H groups in total. The molecule has 0 spiro atoms. The quantitative estimate of drug-likeness (QED) is 0.495. The first-order valence-corrected chi connectivity index (χ1v) is 2.52. The van der Waals surface area contributed by atoms with Crippen molar-refractivity contribution in [3.8, 4) is 0 Å². The first kappa shape index (κ1) is 6.93. The van der Waals surface area contributed by atoms with Gasteiger partial charge in [-0.15, -0.1) is 0 Å². The topological polar surface area (TPSA) is 0 Å². The zero-order valence-corrected chi connectivity index (χ0v) is 4.93. The predicted octanol–water partition coefficient (Wildman–Crippen LogP) is 1.73. The van der Waals surface area contributed by atoms with Crippen LogP contribution in [0.15, 0.2) is 0 Å². The lowest BCUT2D eigenvalue weighted by molar-refractivity contribution is 0.883. The summed E-state index contributed by atoms with van der Waals surface area (Å²) in [5, 5.41) is 0. The van der Waals surface area contributed by atoms with Crippen LogP contribution in [0.25, 0.3) is 0 Å². The van der Waals surface area contributed by atoms with Gasteiger partial charge in [-0.3, -0.25) is 0 Å². The average molecular weight is 147 g/mol. The van der Waals surface area contributed by atoms with E-state index in [2.05, 4.69) is 11.5 Å². The Hall–Kier alpha value is 0.930. The van der Waals surface area contributed by atoms with E-state index in [9.17, 15) is 4.32 Å². The van der Waals surface area contributed by atoms with Crippen molar-refractivity contribution < 1.29 is 4.32 Å². The molecule has 0 rings (SSSR count). The summed E-state index contributed by atoms with van der Waals surface area (Å²) in [6.45, 7) is 0. The second-order valence-electron chi connectivity index (χ2n) is 0.669. The van der Waals surface area contributed by atoms with Crippen LogP contribution in [0.2, 0.25) is 0 Å². The second kappa shape index (κ2) is 3.00. The van der Waals surface area contributed by atoms with Crippen molar-refractivity contribution in [2.45, 2.75) is 0 Å². The van der Waals surface area contributed by atoms with Crippen molar-refractivity contribution in [3.05, 3.63) is 0 Å². The van der Waals surface area contributed by atoms with E-state index in [1.165, 1.54) is 0 Å². The molecule has 0 atom stereocenters. The molecule has 0 saturated carbocycles. The maximum Gasteiger partial charge on any atom is 0.446 e. The van der Waals surface area contributed by atoms with Crippen LogP contribution >= 0.6 is 34.4 Å². The van der Waals surface area contributed by atoms with Crippen molar-refractivity contribution >= 4 is 46.1 Å². The van der Waals surface area contributed by atoms with Gasteiger partial charge in [-0.2, -0.15) is 34.4 Å². The third kappa shape index (κ3) is 3.13. The van der Waals surface area contributed by atoms with Crippen LogP contribution in [0.3, 0.4) is 0 Å². The number of rotatable bonds is 1. The minimum atomic E-state index is -1.65. The van der Waals surface area contributed by atoms with Gasteiger partial charge in [-0.05, 0) is 0 Å². The normalized spacial score (nSPS) is 8.00. The molecule has 0 radical (unpaired) electrons. The summed E-state index contributed by atoms with van der Waals surface area (Å²) in [6, 6.07) is 0. The summed E-state index contributed by atoms with van der Waals surface area (Å²) in [6.07, 6.45) is -1.65. The molecule has 0 bridgehead atoms. The van der Waals surface area contributed by atoms with Gasteiger partial charge < -0.3 is 4.32 Å². The maximum atomic E-state index is 11.3. The molecule has 0 fully saturated rings. The summed E-state index contributed by atoms with van der Waals surface area (Å²) in [7, 11) is 0. The molecule has 0 heterocycles. The van der Waals surface area contributed by atoms with E-state index in [1.54, 1.807) is 0 Å². The van der Waals surface area contributed by atoms with Gasteiger partial charge in [0.05, 0.1) is 0 Å². The van der Waals surface area contributed by atoms with E-state index >= 15 is 0 Å². The Morgan fingerprint density at radius 3 is 1.33 bits per heavy atom. The fourth-order valence-corrected chi connectivity index (χ4v) is 0. The smallest absolute Gasteiger partial charge is 0.320 e.